The average Bonchev–Trinajstić information content (AvgIpc) is 3.29. The van der Waals surface area contributed by atoms with E-state index in [9.17, 15) is 9.59 Å². The van der Waals surface area contributed by atoms with Gasteiger partial charge in [-0.15, -0.1) is 0 Å². The maximum atomic E-state index is 12.6. The SMILES string of the molecule is CCCCc1nc2cc(NC(=O)NC3CCCCC3)ccc2n1Cc1ccc(-c2ccccc2OC(=O)O)cc1. The Labute approximate surface area is 234 Å². The number of carbonyl (C=O) groups is 2. The molecule has 8 nitrogen and oxygen atoms in total. The Kier molecular flexibility index (Phi) is 8.64. The molecular formula is C32H36N4O4. The number of nitrogens with one attached hydrogen (secondary N) is 2. The number of rotatable bonds is 9. The Balaban J connectivity index is 1.35. The van der Waals surface area contributed by atoms with E-state index in [1.807, 2.05) is 54.6 Å². The van der Waals surface area contributed by atoms with Gasteiger partial charge in [0.15, 0.2) is 0 Å². The molecule has 0 unspecified atom stereocenters. The number of carboxylic acid groups (broad SMARTS) is 1. The smallest absolute Gasteiger partial charge is 0.449 e. The first-order valence-corrected chi connectivity index (χ1v) is 14.2. The number of unbranched alkanes of at least 4 members (excludes halogenated alkanes) is 1. The standard InChI is InChI=1S/C32H36N4O4/c1-2-3-13-30-35-27-20-25(34-31(37)33-24-9-5-4-6-10-24)18-19-28(27)36(30)21-22-14-16-23(17-15-22)26-11-7-8-12-29(26)40-32(38)39/h7-8,11-12,14-20,24H,2-6,9-10,13,21H2,1H3,(H,38,39)(H2,33,34,37). The van der Waals surface area contributed by atoms with Crippen LogP contribution < -0.4 is 15.4 Å². The summed E-state index contributed by atoms with van der Waals surface area (Å²) in [5.41, 5.74) is 5.32. The highest BCUT2D eigenvalue weighted by Crippen LogP contribution is 2.31. The van der Waals surface area contributed by atoms with Crippen LogP contribution in [0.25, 0.3) is 22.2 Å². The molecule has 2 amide bonds. The second kappa shape index (κ2) is 12.7. The van der Waals surface area contributed by atoms with Crippen molar-refractivity contribution in [1.29, 1.82) is 0 Å². The number of fused-ring (bicyclic) bond motifs is 1. The number of benzene rings is 3. The van der Waals surface area contributed by atoms with Crippen LogP contribution in [-0.2, 0) is 13.0 Å². The van der Waals surface area contributed by atoms with E-state index in [4.69, 9.17) is 14.8 Å². The number of hydrogen-bond donors (Lipinski definition) is 3. The second-order valence-electron chi connectivity index (χ2n) is 10.4. The monoisotopic (exact) mass is 540 g/mol. The number of carbonyl (C=O) groups excluding carboxylic acids is 1. The number of imidazole rings is 1. The number of nitrogens with zero attached hydrogens (tertiary/aromatic N) is 2. The van der Waals surface area contributed by atoms with Gasteiger partial charge in [-0.25, -0.2) is 14.6 Å². The summed E-state index contributed by atoms with van der Waals surface area (Å²) in [6, 6.07) is 21.2. The molecule has 0 saturated heterocycles. The fraction of sp³-hybridized carbons (Fsp3) is 0.344. The van der Waals surface area contributed by atoms with Crippen LogP contribution in [-0.4, -0.2) is 32.9 Å². The highest BCUT2D eigenvalue weighted by Gasteiger charge is 2.17. The zero-order valence-electron chi connectivity index (χ0n) is 22.9. The van der Waals surface area contributed by atoms with Crippen molar-refractivity contribution in [3.63, 3.8) is 0 Å². The van der Waals surface area contributed by atoms with Gasteiger partial charge in [-0.05, 0) is 54.7 Å². The molecule has 0 aliphatic heterocycles. The Morgan fingerprint density at radius 1 is 1.02 bits per heavy atom. The van der Waals surface area contributed by atoms with Gasteiger partial charge in [0.05, 0.1) is 11.0 Å². The topological polar surface area (TPSA) is 105 Å². The molecule has 0 radical (unpaired) electrons. The van der Waals surface area contributed by atoms with Crippen molar-refractivity contribution >= 4 is 28.9 Å². The summed E-state index contributed by atoms with van der Waals surface area (Å²) in [6.07, 6.45) is 7.32. The van der Waals surface area contributed by atoms with E-state index in [1.165, 1.54) is 19.3 Å². The van der Waals surface area contributed by atoms with Crippen LogP contribution in [0.1, 0.15) is 63.3 Å². The van der Waals surface area contributed by atoms with Gasteiger partial charge in [-0.1, -0.05) is 75.1 Å². The van der Waals surface area contributed by atoms with E-state index < -0.39 is 6.16 Å². The molecular weight excluding hydrogens is 504 g/mol. The molecule has 1 aliphatic rings. The third-order valence-corrected chi connectivity index (χ3v) is 7.47. The third kappa shape index (κ3) is 6.62. The lowest BCUT2D eigenvalue weighted by Crippen LogP contribution is -2.38. The van der Waals surface area contributed by atoms with Crippen LogP contribution in [0.2, 0.25) is 0 Å². The Bertz CT molecular complexity index is 1470. The summed E-state index contributed by atoms with van der Waals surface area (Å²) in [5, 5.41) is 15.2. The predicted molar refractivity (Wildman–Crippen MR) is 157 cm³/mol. The zero-order valence-corrected chi connectivity index (χ0v) is 22.9. The van der Waals surface area contributed by atoms with Crippen LogP contribution in [0.4, 0.5) is 15.3 Å². The van der Waals surface area contributed by atoms with Gasteiger partial charge < -0.3 is 25.0 Å². The molecule has 8 heteroatoms. The molecule has 1 aliphatic carbocycles. The van der Waals surface area contributed by atoms with Gasteiger partial charge in [0.1, 0.15) is 11.6 Å². The summed E-state index contributed by atoms with van der Waals surface area (Å²) in [4.78, 5) is 28.6. The summed E-state index contributed by atoms with van der Waals surface area (Å²) in [7, 11) is 0. The van der Waals surface area contributed by atoms with Gasteiger partial charge in [-0.2, -0.15) is 0 Å². The summed E-state index contributed by atoms with van der Waals surface area (Å²) in [6.45, 7) is 2.82. The van der Waals surface area contributed by atoms with Crippen molar-refractivity contribution in [2.24, 2.45) is 0 Å². The number of hydrogen-bond acceptors (Lipinski definition) is 4. The van der Waals surface area contributed by atoms with Gasteiger partial charge in [0, 0.05) is 30.3 Å². The van der Waals surface area contributed by atoms with Crippen LogP contribution in [0.15, 0.2) is 66.7 Å². The van der Waals surface area contributed by atoms with E-state index in [2.05, 4.69) is 22.1 Å². The fourth-order valence-corrected chi connectivity index (χ4v) is 5.42. The quantitative estimate of drug-likeness (QED) is 0.150. The lowest BCUT2D eigenvalue weighted by atomic mass is 9.96. The first-order chi connectivity index (χ1) is 19.5. The number of amides is 2. The number of aromatic nitrogens is 2. The molecule has 1 aromatic heterocycles. The lowest BCUT2D eigenvalue weighted by Gasteiger charge is -2.22. The molecule has 3 aromatic carbocycles. The second-order valence-corrected chi connectivity index (χ2v) is 10.4. The van der Waals surface area contributed by atoms with Crippen LogP contribution in [0.3, 0.4) is 0 Å². The molecule has 0 spiro atoms. The largest absolute Gasteiger partial charge is 0.511 e. The average molecular weight is 541 g/mol. The van der Waals surface area contributed by atoms with Crippen molar-refractivity contribution in [2.75, 3.05) is 5.32 Å². The number of ether oxygens (including phenoxy) is 1. The van der Waals surface area contributed by atoms with Crippen molar-refractivity contribution in [3.05, 3.63) is 78.1 Å². The molecule has 1 heterocycles. The highest BCUT2D eigenvalue weighted by atomic mass is 16.7. The molecule has 208 valence electrons. The zero-order chi connectivity index (χ0) is 27.9. The van der Waals surface area contributed by atoms with Crippen LogP contribution in [0.5, 0.6) is 5.75 Å². The summed E-state index contributed by atoms with van der Waals surface area (Å²) >= 11 is 0. The van der Waals surface area contributed by atoms with Gasteiger partial charge in [-0.3, -0.25) is 0 Å². The third-order valence-electron chi connectivity index (χ3n) is 7.47. The molecule has 1 saturated carbocycles. The normalized spacial score (nSPS) is 13.7. The van der Waals surface area contributed by atoms with E-state index in [1.54, 1.807) is 12.1 Å². The first kappa shape index (κ1) is 27.2. The minimum absolute atomic E-state index is 0.160. The van der Waals surface area contributed by atoms with Crippen molar-refractivity contribution in [2.45, 2.75) is 70.9 Å². The van der Waals surface area contributed by atoms with E-state index in [-0.39, 0.29) is 12.1 Å². The van der Waals surface area contributed by atoms with Gasteiger partial charge >= 0.3 is 12.2 Å². The maximum Gasteiger partial charge on any atom is 0.511 e. The number of urea groups is 1. The molecule has 3 N–H and O–H groups in total. The molecule has 4 aromatic rings. The number of anilines is 1. The Morgan fingerprint density at radius 2 is 1.80 bits per heavy atom. The molecule has 0 bridgehead atoms. The Morgan fingerprint density at radius 3 is 2.55 bits per heavy atom. The molecule has 1 fully saturated rings. The van der Waals surface area contributed by atoms with Gasteiger partial charge in [0.25, 0.3) is 0 Å². The molecule has 5 rings (SSSR count). The first-order valence-electron chi connectivity index (χ1n) is 14.2. The van der Waals surface area contributed by atoms with Crippen molar-refractivity contribution in [3.8, 4) is 16.9 Å². The fourth-order valence-electron chi connectivity index (χ4n) is 5.42. The van der Waals surface area contributed by atoms with E-state index in [0.29, 0.717) is 12.3 Å². The van der Waals surface area contributed by atoms with E-state index >= 15 is 0 Å². The van der Waals surface area contributed by atoms with E-state index in [0.717, 1.165) is 71.3 Å². The number of para-hydroxylation sites is 1. The highest BCUT2D eigenvalue weighted by molar-refractivity contribution is 5.92. The molecule has 0 atom stereocenters. The lowest BCUT2D eigenvalue weighted by molar-refractivity contribution is 0.144. The maximum absolute atomic E-state index is 12.6. The minimum atomic E-state index is -1.33. The van der Waals surface area contributed by atoms with Crippen LogP contribution in [0, 0.1) is 0 Å². The summed E-state index contributed by atoms with van der Waals surface area (Å²) < 4.78 is 7.21. The van der Waals surface area contributed by atoms with Crippen molar-refractivity contribution < 1.29 is 19.4 Å². The number of aryl methyl sites for hydroxylation is 1. The van der Waals surface area contributed by atoms with Gasteiger partial charge in [0.2, 0.25) is 0 Å². The molecule has 40 heavy (non-hydrogen) atoms. The predicted octanol–water partition coefficient (Wildman–Crippen LogP) is 7.61. The van der Waals surface area contributed by atoms with Crippen LogP contribution >= 0.6 is 0 Å². The minimum Gasteiger partial charge on any atom is -0.449 e. The van der Waals surface area contributed by atoms with Crippen molar-refractivity contribution in [1.82, 2.24) is 14.9 Å². The Hall–Kier alpha value is -4.33. The summed E-state index contributed by atoms with van der Waals surface area (Å²) in [5.74, 6) is 1.33.